The Bertz CT molecular complexity index is 526. The summed E-state index contributed by atoms with van der Waals surface area (Å²) in [4.78, 5) is 23.4. The minimum Gasteiger partial charge on any atom is -0.479 e. The van der Waals surface area contributed by atoms with Crippen molar-refractivity contribution in [3.8, 4) is 0 Å². The molecule has 1 aromatic rings. The smallest absolute Gasteiger partial charge is 0.331 e. The minimum absolute atomic E-state index is 0.142. The molecule has 2 N–H and O–H groups in total. The summed E-state index contributed by atoms with van der Waals surface area (Å²) in [7, 11) is 1.37. The summed E-state index contributed by atoms with van der Waals surface area (Å²) < 4.78 is 5.54. The molecular formula is C13H15BrClNO4. The van der Waals surface area contributed by atoms with Gasteiger partial charge in [0.05, 0.1) is 11.6 Å². The Morgan fingerprint density at radius 1 is 1.50 bits per heavy atom. The number of methoxy groups -OCH3 is 1. The van der Waals surface area contributed by atoms with E-state index in [0.29, 0.717) is 15.1 Å². The normalized spacial score (nSPS) is 13.7. The minimum atomic E-state index is -1.50. The van der Waals surface area contributed by atoms with E-state index >= 15 is 0 Å². The Morgan fingerprint density at radius 2 is 2.10 bits per heavy atom. The number of halogens is 2. The molecule has 0 fully saturated rings. The number of carbonyl (C=O) groups excluding carboxylic acids is 1. The fourth-order valence-corrected chi connectivity index (χ4v) is 2.12. The second kappa shape index (κ2) is 6.56. The molecule has 0 aromatic heterocycles. The van der Waals surface area contributed by atoms with Gasteiger partial charge >= 0.3 is 5.97 Å². The maximum atomic E-state index is 12.2. The van der Waals surface area contributed by atoms with Gasteiger partial charge in [0.15, 0.2) is 5.54 Å². The molecule has 0 radical (unpaired) electrons. The molecular weight excluding hydrogens is 350 g/mol. The number of hydrogen-bond donors (Lipinski definition) is 2. The molecule has 1 unspecified atom stereocenters. The molecule has 7 heteroatoms. The molecule has 0 aliphatic rings. The highest BCUT2D eigenvalue weighted by Gasteiger charge is 2.35. The highest BCUT2D eigenvalue weighted by atomic mass is 79.9. The van der Waals surface area contributed by atoms with E-state index in [1.165, 1.54) is 20.1 Å². The van der Waals surface area contributed by atoms with E-state index < -0.39 is 17.4 Å². The van der Waals surface area contributed by atoms with Gasteiger partial charge in [-0.15, -0.1) is 0 Å². The third-order valence-corrected chi connectivity index (χ3v) is 4.35. The van der Waals surface area contributed by atoms with Crippen molar-refractivity contribution in [2.24, 2.45) is 0 Å². The monoisotopic (exact) mass is 363 g/mol. The van der Waals surface area contributed by atoms with Crippen LogP contribution >= 0.6 is 27.5 Å². The lowest BCUT2D eigenvalue weighted by Crippen LogP contribution is -2.55. The number of hydrogen-bond acceptors (Lipinski definition) is 3. The number of carbonyl (C=O) groups is 2. The second-order valence-corrected chi connectivity index (χ2v) is 5.81. The molecule has 1 rings (SSSR count). The van der Waals surface area contributed by atoms with Crippen LogP contribution in [0.4, 0.5) is 0 Å². The van der Waals surface area contributed by atoms with E-state index in [-0.39, 0.29) is 6.61 Å². The quantitative estimate of drug-likeness (QED) is 0.842. The van der Waals surface area contributed by atoms with Crippen LogP contribution in [0.15, 0.2) is 16.6 Å². The van der Waals surface area contributed by atoms with Gasteiger partial charge in [-0.25, -0.2) is 4.79 Å². The SMILES string of the molecule is COCC(C)(NC(=O)c1cc(C)c(Br)c(Cl)c1)C(=O)O. The summed E-state index contributed by atoms with van der Waals surface area (Å²) in [6.07, 6.45) is 0. The Labute approximate surface area is 130 Å². The van der Waals surface area contributed by atoms with Gasteiger partial charge in [-0.1, -0.05) is 11.6 Å². The van der Waals surface area contributed by atoms with Crippen molar-refractivity contribution in [3.05, 3.63) is 32.8 Å². The molecule has 0 bridgehead atoms. The van der Waals surface area contributed by atoms with E-state index in [9.17, 15) is 14.7 Å². The largest absolute Gasteiger partial charge is 0.479 e. The Balaban J connectivity index is 3.04. The van der Waals surface area contributed by atoms with Gasteiger partial charge in [-0.2, -0.15) is 0 Å². The maximum Gasteiger partial charge on any atom is 0.331 e. The standard InChI is InChI=1S/C13H15BrClNO4/c1-7-4-8(5-9(15)10(7)14)11(17)16-13(2,6-20-3)12(18)19/h4-5H,6H2,1-3H3,(H,16,17)(H,18,19). The lowest BCUT2D eigenvalue weighted by atomic mass is 10.0. The number of aryl methyl sites for hydroxylation is 1. The van der Waals surface area contributed by atoms with Gasteiger partial charge in [0, 0.05) is 17.1 Å². The molecule has 1 atom stereocenters. The summed E-state index contributed by atoms with van der Waals surface area (Å²) in [5.74, 6) is -1.70. The Morgan fingerprint density at radius 3 is 2.55 bits per heavy atom. The predicted octanol–water partition coefficient (Wildman–Crippen LogP) is 2.63. The van der Waals surface area contributed by atoms with Crippen molar-refractivity contribution in [1.29, 1.82) is 0 Å². The van der Waals surface area contributed by atoms with Gasteiger partial charge in [0.25, 0.3) is 5.91 Å². The summed E-state index contributed by atoms with van der Waals surface area (Å²) in [6, 6.07) is 3.10. The van der Waals surface area contributed by atoms with Gasteiger partial charge < -0.3 is 15.2 Å². The van der Waals surface area contributed by atoms with Crippen LogP contribution in [0.3, 0.4) is 0 Å². The number of carboxylic acid groups (broad SMARTS) is 1. The van der Waals surface area contributed by atoms with Crippen molar-refractivity contribution in [2.75, 3.05) is 13.7 Å². The zero-order valence-electron chi connectivity index (χ0n) is 11.3. The molecule has 0 spiro atoms. The van der Waals surface area contributed by atoms with Crippen LogP contribution in [0, 0.1) is 6.92 Å². The molecule has 0 saturated heterocycles. The Hall–Kier alpha value is -1.11. The van der Waals surface area contributed by atoms with Crippen molar-refractivity contribution >= 4 is 39.4 Å². The van der Waals surface area contributed by atoms with E-state index in [1.54, 1.807) is 13.0 Å². The van der Waals surface area contributed by atoms with Crippen LogP contribution in [-0.4, -0.2) is 36.2 Å². The lowest BCUT2D eigenvalue weighted by Gasteiger charge is -2.25. The number of carboxylic acids is 1. The highest BCUT2D eigenvalue weighted by molar-refractivity contribution is 9.10. The van der Waals surface area contributed by atoms with Gasteiger partial charge in [-0.3, -0.25) is 4.79 Å². The van der Waals surface area contributed by atoms with E-state index in [1.807, 2.05) is 0 Å². The topological polar surface area (TPSA) is 75.6 Å². The fourth-order valence-electron chi connectivity index (χ4n) is 1.62. The van der Waals surface area contributed by atoms with Gasteiger partial charge in [0.2, 0.25) is 0 Å². The number of aliphatic carboxylic acids is 1. The number of nitrogens with one attached hydrogen (secondary N) is 1. The first-order valence-corrected chi connectivity index (χ1v) is 6.89. The van der Waals surface area contributed by atoms with Crippen molar-refractivity contribution in [2.45, 2.75) is 19.4 Å². The fraction of sp³-hybridized carbons (Fsp3) is 0.385. The van der Waals surface area contributed by atoms with Crippen molar-refractivity contribution in [3.63, 3.8) is 0 Å². The van der Waals surface area contributed by atoms with Gasteiger partial charge in [0.1, 0.15) is 0 Å². The summed E-state index contributed by atoms with van der Waals surface area (Å²) in [6.45, 7) is 3.03. The Kier molecular flexibility index (Phi) is 5.56. The van der Waals surface area contributed by atoms with E-state index in [4.69, 9.17) is 16.3 Å². The zero-order chi connectivity index (χ0) is 15.5. The molecule has 0 heterocycles. The maximum absolute atomic E-state index is 12.2. The molecule has 0 saturated carbocycles. The third kappa shape index (κ3) is 3.71. The number of benzene rings is 1. The molecule has 20 heavy (non-hydrogen) atoms. The predicted molar refractivity (Wildman–Crippen MR) is 79.3 cm³/mol. The van der Waals surface area contributed by atoms with Crippen LogP contribution in [0.5, 0.6) is 0 Å². The average Bonchev–Trinajstić information content (AvgIpc) is 2.35. The lowest BCUT2D eigenvalue weighted by molar-refractivity contribution is -0.145. The molecule has 0 aliphatic carbocycles. The van der Waals surface area contributed by atoms with Crippen molar-refractivity contribution in [1.82, 2.24) is 5.32 Å². The van der Waals surface area contributed by atoms with E-state index in [0.717, 1.165) is 5.56 Å². The first-order valence-electron chi connectivity index (χ1n) is 5.71. The summed E-state index contributed by atoms with van der Waals surface area (Å²) >= 11 is 9.28. The molecule has 0 aliphatic heterocycles. The molecule has 1 amide bonds. The number of rotatable bonds is 5. The summed E-state index contributed by atoms with van der Waals surface area (Å²) in [5, 5.41) is 12.0. The van der Waals surface area contributed by atoms with Crippen LogP contribution in [0.2, 0.25) is 5.02 Å². The molecule has 5 nitrogen and oxygen atoms in total. The van der Waals surface area contributed by atoms with E-state index in [2.05, 4.69) is 21.2 Å². The second-order valence-electron chi connectivity index (χ2n) is 4.61. The number of amides is 1. The first kappa shape index (κ1) is 16.9. The third-order valence-electron chi connectivity index (χ3n) is 2.77. The first-order chi connectivity index (χ1) is 9.21. The molecule has 1 aromatic carbocycles. The van der Waals surface area contributed by atoms with Crippen LogP contribution < -0.4 is 5.32 Å². The summed E-state index contributed by atoms with van der Waals surface area (Å²) in [5.41, 5.74) is -0.426. The zero-order valence-corrected chi connectivity index (χ0v) is 13.6. The average molecular weight is 365 g/mol. The highest BCUT2D eigenvalue weighted by Crippen LogP contribution is 2.27. The van der Waals surface area contributed by atoms with Gasteiger partial charge in [-0.05, 0) is 47.5 Å². The van der Waals surface area contributed by atoms with Crippen molar-refractivity contribution < 1.29 is 19.4 Å². The van der Waals surface area contributed by atoms with Crippen LogP contribution in [-0.2, 0) is 9.53 Å². The van der Waals surface area contributed by atoms with Crippen LogP contribution in [0.1, 0.15) is 22.8 Å². The molecule has 110 valence electrons. The number of ether oxygens (including phenoxy) is 1. The van der Waals surface area contributed by atoms with Crippen LogP contribution in [0.25, 0.3) is 0 Å².